The van der Waals surface area contributed by atoms with Gasteiger partial charge in [0.05, 0.1) is 0 Å². The van der Waals surface area contributed by atoms with Gasteiger partial charge in [-0.25, -0.2) is 0 Å². The second-order valence-corrected chi connectivity index (χ2v) is 2.23. The fourth-order valence-electron chi connectivity index (χ4n) is 0.336. The summed E-state index contributed by atoms with van der Waals surface area (Å²) in [6.07, 6.45) is 2.85. The monoisotopic (exact) mass is 152 g/mol. The summed E-state index contributed by atoms with van der Waals surface area (Å²) < 4.78 is 0. The number of Topliss-reactive ketones (excluding diaryl/α,β-unsaturated/α-hetero) is 1. The molecule has 60 valence electrons. The SMILES string of the molecule is C=C(C=N/C=C(/C)N)C(C)=O. The fourth-order valence-corrected chi connectivity index (χ4v) is 0.336. The normalized spacial score (nSPS) is 12.0. The van der Waals surface area contributed by atoms with Gasteiger partial charge >= 0.3 is 0 Å². The van der Waals surface area contributed by atoms with E-state index in [-0.39, 0.29) is 5.78 Å². The van der Waals surface area contributed by atoms with E-state index < -0.39 is 0 Å². The molecule has 0 spiro atoms. The van der Waals surface area contributed by atoms with Crippen LogP contribution in [0.1, 0.15) is 13.8 Å². The number of nitrogens with zero attached hydrogens (tertiary/aromatic N) is 1. The largest absolute Gasteiger partial charge is 0.401 e. The molecule has 0 bridgehead atoms. The number of carbonyl (C=O) groups excluding carboxylic acids is 1. The molecule has 0 fully saturated rings. The Labute approximate surface area is 66.3 Å². The Morgan fingerprint density at radius 2 is 2.09 bits per heavy atom. The average molecular weight is 152 g/mol. The molecule has 3 heteroatoms. The van der Waals surface area contributed by atoms with Gasteiger partial charge in [0.25, 0.3) is 0 Å². The van der Waals surface area contributed by atoms with Crippen LogP contribution >= 0.6 is 0 Å². The molecule has 0 aliphatic rings. The zero-order valence-electron chi connectivity index (χ0n) is 6.79. The number of ketones is 1. The van der Waals surface area contributed by atoms with Crippen LogP contribution < -0.4 is 5.73 Å². The van der Waals surface area contributed by atoms with Crippen molar-refractivity contribution >= 4 is 12.0 Å². The van der Waals surface area contributed by atoms with Crippen molar-refractivity contribution in [2.45, 2.75) is 13.8 Å². The zero-order valence-corrected chi connectivity index (χ0v) is 6.79. The van der Waals surface area contributed by atoms with Gasteiger partial charge in [-0.05, 0) is 13.8 Å². The van der Waals surface area contributed by atoms with Crippen molar-refractivity contribution in [3.05, 3.63) is 24.0 Å². The number of nitrogens with two attached hydrogens (primary N) is 1. The lowest BCUT2D eigenvalue weighted by molar-refractivity contribution is -0.113. The average Bonchev–Trinajstić information content (AvgIpc) is 1.86. The molecule has 0 aromatic carbocycles. The third kappa shape index (κ3) is 5.08. The molecular formula is C8H12N2O. The topological polar surface area (TPSA) is 55.4 Å². The van der Waals surface area contributed by atoms with Gasteiger partial charge in [0.15, 0.2) is 5.78 Å². The quantitative estimate of drug-likeness (QED) is 0.485. The first-order valence-electron chi connectivity index (χ1n) is 3.19. The summed E-state index contributed by atoms with van der Waals surface area (Å²) >= 11 is 0. The molecule has 0 aromatic heterocycles. The van der Waals surface area contributed by atoms with Crippen LogP contribution in [0.3, 0.4) is 0 Å². The molecule has 0 radical (unpaired) electrons. The van der Waals surface area contributed by atoms with Crippen molar-refractivity contribution in [3.63, 3.8) is 0 Å². The van der Waals surface area contributed by atoms with Crippen molar-refractivity contribution in [3.8, 4) is 0 Å². The van der Waals surface area contributed by atoms with Crippen molar-refractivity contribution in [1.29, 1.82) is 0 Å². The molecule has 0 saturated heterocycles. The number of hydrogen-bond donors (Lipinski definition) is 1. The smallest absolute Gasteiger partial charge is 0.160 e. The Hall–Kier alpha value is -1.38. The minimum absolute atomic E-state index is 0.0863. The van der Waals surface area contributed by atoms with Crippen LogP contribution in [0.25, 0.3) is 0 Å². The predicted molar refractivity (Wildman–Crippen MR) is 46.3 cm³/mol. The third-order valence-corrected chi connectivity index (χ3v) is 0.961. The summed E-state index contributed by atoms with van der Waals surface area (Å²) in [5.41, 5.74) is 6.26. The van der Waals surface area contributed by atoms with Crippen LogP contribution in [0.5, 0.6) is 0 Å². The summed E-state index contributed by atoms with van der Waals surface area (Å²) in [6.45, 7) is 6.64. The van der Waals surface area contributed by atoms with Crippen LogP contribution in [-0.4, -0.2) is 12.0 Å². The molecule has 0 saturated carbocycles. The standard InChI is InChI=1S/C8H12N2O/c1-6(8(3)11)4-10-5-7(2)9/h4-5H,1,9H2,2-3H3/b7-5-,10-4?. The predicted octanol–water partition coefficient (Wildman–Crippen LogP) is 1.02. The van der Waals surface area contributed by atoms with E-state index in [1.54, 1.807) is 6.92 Å². The molecule has 0 aromatic rings. The highest BCUT2D eigenvalue weighted by Gasteiger charge is 1.92. The molecule has 2 N–H and O–H groups in total. The molecule has 0 aliphatic heterocycles. The highest BCUT2D eigenvalue weighted by molar-refractivity contribution is 6.11. The number of aliphatic imine (C=N–C) groups is 1. The van der Waals surface area contributed by atoms with Gasteiger partial charge in [-0.1, -0.05) is 6.58 Å². The van der Waals surface area contributed by atoms with Gasteiger partial charge in [-0.15, -0.1) is 0 Å². The highest BCUT2D eigenvalue weighted by Crippen LogP contribution is 1.88. The number of rotatable bonds is 3. The van der Waals surface area contributed by atoms with Crippen LogP contribution in [-0.2, 0) is 4.79 Å². The van der Waals surface area contributed by atoms with Crippen molar-refractivity contribution < 1.29 is 4.79 Å². The van der Waals surface area contributed by atoms with Crippen LogP contribution in [0.4, 0.5) is 0 Å². The van der Waals surface area contributed by atoms with Gasteiger partial charge in [-0.3, -0.25) is 9.79 Å². The Kier molecular flexibility index (Phi) is 3.88. The Balaban J connectivity index is 4.05. The molecule has 0 aliphatic carbocycles. The minimum atomic E-state index is -0.0863. The highest BCUT2D eigenvalue weighted by atomic mass is 16.1. The van der Waals surface area contributed by atoms with Crippen LogP contribution in [0.15, 0.2) is 29.0 Å². The lowest BCUT2D eigenvalue weighted by Crippen LogP contribution is -1.95. The number of carbonyl (C=O) groups is 1. The van der Waals surface area contributed by atoms with E-state index in [2.05, 4.69) is 11.6 Å². The molecule has 0 atom stereocenters. The second kappa shape index (κ2) is 4.44. The van der Waals surface area contributed by atoms with Gasteiger partial charge < -0.3 is 5.73 Å². The van der Waals surface area contributed by atoms with Crippen molar-refractivity contribution in [1.82, 2.24) is 0 Å². The summed E-state index contributed by atoms with van der Waals surface area (Å²) in [6, 6.07) is 0. The summed E-state index contributed by atoms with van der Waals surface area (Å²) in [5, 5.41) is 0. The van der Waals surface area contributed by atoms with Gasteiger partial charge in [0.2, 0.25) is 0 Å². The zero-order chi connectivity index (χ0) is 8.85. The Morgan fingerprint density at radius 1 is 1.55 bits per heavy atom. The van der Waals surface area contributed by atoms with Crippen LogP contribution in [0, 0.1) is 0 Å². The summed E-state index contributed by atoms with van der Waals surface area (Å²) in [7, 11) is 0. The van der Waals surface area contributed by atoms with Crippen molar-refractivity contribution in [2.75, 3.05) is 0 Å². The van der Waals surface area contributed by atoms with E-state index in [4.69, 9.17) is 5.73 Å². The molecule has 11 heavy (non-hydrogen) atoms. The van der Waals surface area contributed by atoms with Crippen LogP contribution in [0.2, 0.25) is 0 Å². The Morgan fingerprint density at radius 3 is 2.45 bits per heavy atom. The van der Waals surface area contributed by atoms with Gasteiger partial charge in [0.1, 0.15) is 0 Å². The van der Waals surface area contributed by atoms with E-state index in [0.29, 0.717) is 11.3 Å². The first-order chi connectivity index (χ1) is 5.04. The van der Waals surface area contributed by atoms with Crippen molar-refractivity contribution in [2.24, 2.45) is 10.7 Å². The maximum Gasteiger partial charge on any atom is 0.160 e. The van der Waals surface area contributed by atoms with Gasteiger partial charge in [-0.2, -0.15) is 0 Å². The van der Waals surface area contributed by atoms with E-state index in [0.717, 1.165) is 0 Å². The molecule has 3 nitrogen and oxygen atoms in total. The third-order valence-electron chi connectivity index (χ3n) is 0.961. The first kappa shape index (κ1) is 9.62. The van der Waals surface area contributed by atoms with E-state index in [1.807, 2.05) is 0 Å². The molecular weight excluding hydrogens is 140 g/mol. The van der Waals surface area contributed by atoms with E-state index >= 15 is 0 Å². The summed E-state index contributed by atoms with van der Waals surface area (Å²) in [4.78, 5) is 14.3. The maximum absolute atomic E-state index is 10.6. The molecule has 0 heterocycles. The first-order valence-corrected chi connectivity index (χ1v) is 3.19. The van der Waals surface area contributed by atoms with Gasteiger partial charge in [0, 0.05) is 23.7 Å². The molecule has 0 unspecified atom stereocenters. The maximum atomic E-state index is 10.6. The molecule has 0 amide bonds. The second-order valence-electron chi connectivity index (χ2n) is 2.23. The summed E-state index contributed by atoms with van der Waals surface area (Å²) in [5.74, 6) is -0.0863. The van der Waals surface area contributed by atoms with E-state index in [9.17, 15) is 4.79 Å². The fraction of sp³-hybridized carbons (Fsp3) is 0.250. The Bertz CT molecular complexity index is 222. The lowest BCUT2D eigenvalue weighted by Gasteiger charge is -1.88. The lowest BCUT2D eigenvalue weighted by atomic mass is 10.2. The minimum Gasteiger partial charge on any atom is -0.401 e. The number of hydrogen-bond acceptors (Lipinski definition) is 3. The number of allylic oxidation sites excluding steroid dienone is 2. The van der Waals surface area contributed by atoms with E-state index in [1.165, 1.54) is 19.3 Å². The molecule has 0 rings (SSSR count).